The highest BCUT2D eigenvalue weighted by atomic mass is 35.5. The summed E-state index contributed by atoms with van der Waals surface area (Å²) in [5.74, 6) is -0.610. The molecule has 0 aromatic rings. The van der Waals surface area contributed by atoms with Gasteiger partial charge < -0.3 is 9.84 Å². The molecule has 0 amide bonds. The van der Waals surface area contributed by atoms with Crippen LogP contribution in [0, 0.1) is 52.3 Å². The number of carboxylic acids is 1. The van der Waals surface area contributed by atoms with Crippen LogP contribution in [-0.4, -0.2) is 39.2 Å². The highest BCUT2D eigenvalue weighted by Crippen LogP contribution is 2.71. The van der Waals surface area contributed by atoms with E-state index in [1.54, 1.807) is 12.2 Å². The first-order chi connectivity index (χ1) is 20.3. The number of hydrogen-bond donors (Lipinski definition) is 1. The van der Waals surface area contributed by atoms with Crippen LogP contribution in [0.4, 0.5) is 0 Å². The van der Waals surface area contributed by atoms with Crippen molar-refractivity contribution in [1.82, 2.24) is 0 Å². The number of halogens is 2. The van der Waals surface area contributed by atoms with Crippen LogP contribution in [-0.2, 0) is 19.1 Å². The van der Waals surface area contributed by atoms with Gasteiger partial charge in [0.2, 0.25) is 0 Å². The van der Waals surface area contributed by atoms with Gasteiger partial charge in [-0.25, -0.2) is 4.79 Å². The minimum Gasteiger partial charge on any atom is -0.479 e. The fourth-order valence-electron chi connectivity index (χ4n) is 11.7. The molecule has 1 unspecified atom stereocenters. The predicted molar refractivity (Wildman–Crippen MR) is 169 cm³/mol. The van der Waals surface area contributed by atoms with E-state index < -0.39 is 21.3 Å². The molecule has 43 heavy (non-hydrogen) atoms. The third-order valence-electron chi connectivity index (χ3n) is 13.3. The Kier molecular flexibility index (Phi) is 8.55. The summed E-state index contributed by atoms with van der Waals surface area (Å²) in [5.41, 5.74) is -0.947. The summed E-state index contributed by atoms with van der Waals surface area (Å²) >= 11 is 14.7. The maximum absolute atomic E-state index is 14.4. The van der Waals surface area contributed by atoms with Crippen LogP contribution in [0.25, 0.3) is 0 Å². The largest absolute Gasteiger partial charge is 0.479 e. The van der Waals surface area contributed by atoms with E-state index in [-0.39, 0.29) is 65.0 Å². The maximum atomic E-state index is 14.4. The zero-order valence-corrected chi connectivity index (χ0v) is 27.7. The molecule has 0 bridgehead atoms. The Morgan fingerprint density at radius 2 is 1.60 bits per heavy atom. The number of carbonyl (C=O) groups is 3. The molecule has 6 rings (SSSR count). The molecule has 6 aliphatic carbocycles. The maximum Gasteiger partial charge on any atom is 0.336 e. The number of hydrogen-bond acceptors (Lipinski definition) is 4. The van der Waals surface area contributed by atoms with Crippen LogP contribution in [0.1, 0.15) is 111 Å². The highest BCUT2D eigenvalue weighted by Gasteiger charge is 2.68. The quantitative estimate of drug-likeness (QED) is 0.285. The van der Waals surface area contributed by atoms with E-state index in [0.717, 1.165) is 89.0 Å². The fourth-order valence-corrected chi connectivity index (χ4v) is 13.1. The molecular weight excluding hydrogens is 583 g/mol. The summed E-state index contributed by atoms with van der Waals surface area (Å²) in [6.07, 6.45) is 18.4. The van der Waals surface area contributed by atoms with Gasteiger partial charge in [-0.1, -0.05) is 70.9 Å². The van der Waals surface area contributed by atoms with E-state index in [9.17, 15) is 19.5 Å². The monoisotopic (exact) mass is 632 g/mol. The van der Waals surface area contributed by atoms with Gasteiger partial charge in [0.15, 0.2) is 17.2 Å². The molecule has 5 fully saturated rings. The molecule has 0 saturated heterocycles. The van der Waals surface area contributed by atoms with Gasteiger partial charge in [-0.05, 0) is 98.5 Å². The molecule has 6 aliphatic rings. The van der Waals surface area contributed by atoms with Gasteiger partial charge in [0, 0.05) is 17.3 Å². The number of fused-ring (bicyclic) bond motifs is 5. The molecular formula is C36H50Cl2O5. The van der Waals surface area contributed by atoms with Crippen LogP contribution in [0.15, 0.2) is 23.8 Å². The molecule has 0 aliphatic heterocycles. The van der Waals surface area contributed by atoms with Crippen molar-refractivity contribution in [3.8, 4) is 0 Å². The van der Waals surface area contributed by atoms with Crippen LogP contribution < -0.4 is 0 Å². The van der Waals surface area contributed by atoms with Gasteiger partial charge in [-0.15, -0.1) is 23.2 Å². The van der Waals surface area contributed by atoms with Crippen molar-refractivity contribution in [3.63, 3.8) is 0 Å². The third-order valence-corrected chi connectivity index (χ3v) is 14.1. The fraction of sp³-hybridized carbons (Fsp3) is 0.806. The number of carbonyl (C=O) groups excluding carboxylic acids is 2. The first-order valence-corrected chi connectivity index (χ1v) is 17.8. The lowest BCUT2D eigenvalue weighted by Gasteiger charge is -2.61. The highest BCUT2D eigenvalue weighted by molar-refractivity contribution is 6.48. The standard InChI is InChI=1S/C36H50Cl2O5/c1-22-18-28-27-15-14-25-19-26(39)16-17-33(25,2)31(27)35(37,38)21-34(28,3)30(22)29(40)20-43-36(32(41)42,23-10-6-4-7-11-23)24-12-8-5-9-13-24/h16-17,19,22-24,27-28,30-31H,4-15,18,20-21H2,1-3H3,(H,41,42)/t22?,27-,28-,30+,31-,33-,34-/m0/s1. The van der Waals surface area contributed by atoms with Crippen molar-refractivity contribution in [2.45, 2.75) is 121 Å². The Balaban J connectivity index is 1.27. The molecule has 1 N–H and O–H groups in total. The molecule has 0 aromatic heterocycles. The van der Waals surface area contributed by atoms with Crippen molar-refractivity contribution in [2.75, 3.05) is 6.61 Å². The first kappa shape index (κ1) is 31.8. The number of aliphatic carboxylic acids is 1. The number of rotatable bonds is 7. The summed E-state index contributed by atoms with van der Waals surface area (Å²) in [4.78, 5) is 39.8. The smallest absolute Gasteiger partial charge is 0.336 e. The lowest BCUT2D eigenvalue weighted by atomic mass is 9.47. The van der Waals surface area contributed by atoms with E-state index in [2.05, 4.69) is 20.8 Å². The average Bonchev–Trinajstić information content (AvgIpc) is 3.23. The molecule has 0 spiro atoms. The Morgan fingerprint density at radius 1 is 1.00 bits per heavy atom. The lowest BCUT2D eigenvalue weighted by Crippen LogP contribution is -2.59. The molecule has 5 nitrogen and oxygen atoms in total. The van der Waals surface area contributed by atoms with Crippen molar-refractivity contribution >= 4 is 40.7 Å². The second kappa shape index (κ2) is 11.6. The van der Waals surface area contributed by atoms with Crippen LogP contribution >= 0.6 is 23.2 Å². The number of Topliss-reactive ketones (excluding diaryl/α,β-unsaturated/α-hetero) is 1. The van der Waals surface area contributed by atoms with Gasteiger partial charge in [0.25, 0.3) is 0 Å². The van der Waals surface area contributed by atoms with Gasteiger partial charge >= 0.3 is 5.97 Å². The third kappa shape index (κ3) is 5.10. The number of alkyl halides is 2. The molecule has 5 saturated carbocycles. The van der Waals surface area contributed by atoms with Crippen molar-refractivity contribution in [1.29, 1.82) is 0 Å². The van der Waals surface area contributed by atoms with Crippen LogP contribution in [0.5, 0.6) is 0 Å². The summed E-state index contributed by atoms with van der Waals surface area (Å²) < 4.78 is 5.55. The molecule has 0 radical (unpaired) electrons. The van der Waals surface area contributed by atoms with E-state index in [0.29, 0.717) is 6.42 Å². The SMILES string of the molecule is CC1C[C@H]2[C@@H]3CCC4=CC(=O)C=C[C@]4(C)[C@H]3C(Cl)(Cl)C[C@]2(C)[C@H]1C(=O)COC(C(=O)O)(C1CCCCC1)C1CCCCC1. The molecule has 0 aromatic carbocycles. The zero-order chi connectivity index (χ0) is 30.8. The Labute approximate surface area is 267 Å². The predicted octanol–water partition coefficient (Wildman–Crippen LogP) is 8.51. The second-order valence-corrected chi connectivity index (χ2v) is 17.2. The Morgan fingerprint density at radius 3 is 2.19 bits per heavy atom. The molecule has 7 atom stereocenters. The van der Waals surface area contributed by atoms with Crippen molar-refractivity contribution < 1.29 is 24.2 Å². The topological polar surface area (TPSA) is 80.7 Å². The van der Waals surface area contributed by atoms with Crippen molar-refractivity contribution in [2.24, 2.45) is 52.3 Å². The Bertz CT molecular complexity index is 1180. The first-order valence-electron chi connectivity index (χ1n) is 17.1. The van der Waals surface area contributed by atoms with Crippen molar-refractivity contribution in [3.05, 3.63) is 23.8 Å². The van der Waals surface area contributed by atoms with E-state index in [1.165, 1.54) is 0 Å². The summed E-state index contributed by atoms with van der Waals surface area (Å²) in [7, 11) is 0. The number of allylic oxidation sites excluding steroid dienone is 4. The van der Waals surface area contributed by atoms with Crippen LogP contribution in [0.2, 0.25) is 0 Å². The Hall–Kier alpha value is -1.17. The van der Waals surface area contributed by atoms with Crippen LogP contribution in [0.3, 0.4) is 0 Å². The van der Waals surface area contributed by atoms with E-state index in [4.69, 9.17) is 27.9 Å². The molecule has 7 heteroatoms. The zero-order valence-electron chi connectivity index (χ0n) is 26.2. The normalized spacial score (nSPS) is 39.9. The average molecular weight is 634 g/mol. The number of carboxylic acid groups (broad SMARTS) is 1. The number of ether oxygens (including phenoxy) is 1. The van der Waals surface area contributed by atoms with E-state index in [1.807, 2.05) is 6.08 Å². The lowest BCUT2D eigenvalue weighted by molar-refractivity contribution is -0.194. The van der Waals surface area contributed by atoms with Gasteiger partial charge in [-0.2, -0.15) is 0 Å². The van der Waals surface area contributed by atoms with Gasteiger partial charge in [0.05, 0.1) is 0 Å². The summed E-state index contributed by atoms with van der Waals surface area (Å²) in [6.45, 7) is 6.41. The summed E-state index contributed by atoms with van der Waals surface area (Å²) in [6, 6.07) is 0. The minimum absolute atomic E-state index is 0.0168. The molecule has 238 valence electrons. The van der Waals surface area contributed by atoms with Gasteiger partial charge in [-0.3, -0.25) is 9.59 Å². The number of ketones is 2. The second-order valence-electron chi connectivity index (χ2n) is 15.6. The summed E-state index contributed by atoms with van der Waals surface area (Å²) in [5, 5.41) is 10.8. The molecule has 0 heterocycles. The van der Waals surface area contributed by atoms with E-state index >= 15 is 0 Å². The minimum atomic E-state index is -1.29. The van der Waals surface area contributed by atoms with Gasteiger partial charge in [0.1, 0.15) is 10.9 Å².